The van der Waals surface area contributed by atoms with Gasteiger partial charge in [0.25, 0.3) is 0 Å². The summed E-state index contributed by atoms with van der Waals surface area (Å²) in [5.74, 6) is -0.983. The number of piperazine rings is 1. The summed E-state index contributed by atoms with van der Waals surface area (Å²) in [4.78, 5) is 17.4. The number of aryl methyl sites for hydroxylation is 1. The number of fused-ring (bicyclic) bond motifs is 2. The van der Waals surface area contributed by atoms with Crippen LogP contribution in [0.5, 0.6) is 0 Å². The van der Waals surface area contributed by atoms with Crippen molar-refractivity contribution in [2.45, 2.75) is 19.3 Å². The molecule has 1 aliphatic heterocycles. The SMILES string of the molecule is N#Cc1ccc2c(c1)c(CCCCN1CCN(c3ccc4oc(C(=O)NS(=O)(=O)Nc5ccccc5)cc4c3)CC1)cn2S(=O)(=O)Nc1ccccc1. The summed E-state index contributed by atoms with van der Waals surface area (Å²) in [6, 6.07) is 31.4. The second kappa shape index (κ2) is 15.0. The molecule has 0 aliphatic carbocycles. The van der Waals surface area contributed by atoms with E-state index in [1.807, 2.05) is 22.9 Å². The molecule has 0 bridgehead atoms. The maximum absolute atomic E-state index is 13.4. The van der Waals surface area contributed by atoms with Crippen molar-refractivity contribution in [2.24, 2.45) is 0 Å². The largest absolute Gasteiger partial charge is 0.451 e. The van der Waals surface area contributed by atoms with Crippen LogP contribution in [0.2, 0.25) is 0 Å². The van der Waals surface area contributed by atoms with Gasteiger partial charge in [-0.2, -0.15) is 22.1 Å². The molecule has 2 aromatic heterocycles. The Hall–Kier alpha value is -5.82. The highest BCUT2D eigenvalue weighted by molar-refractivity contribution is 7.91. The highest BCUT2D eigenvalue weighted by atomic mass is 32.2. The first kappa shape index (κ1) is 35.6. The molecule has 0 saturated carbocycles. The van der Waals surface area contributed by atoms with E-state index >= 15 is 0 Å². The van der Waals surface area contributed by atoms with E-state index < -0.39 is 26.3 Å². The van der Waals surface area contributed by atoms with E-state index in [1.54, 1.807) is 85.1 Å². The average molecular weight is 752 g/mol. The molecular weight excluding hydrogens is 715 g/mol. The standard InChI is InChI=1S/C38H37N7O6S2/c39-26-28-14-16-35-34(23-28)29(27-45(35)53(49,50)41-32-12-5-2-6-13-32)9-7-8-18-43-19-21-44(22-20-43)33-15-17-36-30(24-33)25-37(51-36)38(46)42-52(47,48)40-31-10-3-1-4-11-31/h1-6,10-17,23-25,27,40-41H,7-9,18-22H2,(H,42,46). The third kappa shape index (κ3) is 8.30. The highest BCUT2D eigenvalue weighted by Crippen LogP contribution is 2.28. The van der Waals surface area contributed by atoms with E-state index in [9.17, 15) is 26.9 Å². The zero-order valence-corrected chi connectivity index (χ0v) is 30.2. The molecular formula is C38H37N7O6S2. The molecule has 13 nitrogen and oxygen atoms in total. The molecule has 1 fully saturated rings. The lowest BCUT2D eigenvalue weighted by molar-refractivity contribution is 0.0956. The van der Waals surface area contributed by atoms with Crippen molar-refractivity contribution < 1.29 is 26.0 Å². The van der Waals surface area contributed by atoms with Gasteiger partial charge in [0.1, 0.15) is 5.58 Å². The van der Waals surface area contributed by atoms with Crippen LogP contribution in [0.4, 0.5) is 17.1 Å². The number of rotatable bonds is 13. The van der Waals surface area contributed by atoms with Crippen molar-refractivity contribution in [1.29, 1.82) is 5.26 Å². The fourth-order valence-corrected chi connectivity index (χ4v) is 8.58. The number of aromatic nitrogens is 1. The summed E-state index contributed by atoms with van der Waals surface area (Å²) < 4.78 is 65.5. The monoisotopic (exact) mass is 751 g/mol. The van der Waals surface area contributed by atoms with Gasteiger partial charge in [0, 0.05) is 48.8 Å². The molecule has 272 valence electrons. The zero-order valence-electron chi connectivity index (χ0n) is 28.6. The third-order valence-corrected chi connectivity index (χ3v) is 11.4. The number of benzene rings is 4. The highest BCUT2D eigenvalue weighted by Gasteiger charge is 2.23. The molecule has 1 aliphatic rings. The van der Waals surface area contributed by atoms with Gasteiger partial charge in [-0.15, -0.1) is 0 Å². The van der Waals surface area contributed by atoms with Crippen LogP contribution in [0.1, 0.15) is 34.5 Å². The first-order valence-corrected chi connectivity index (χ1v) is 20.0. The number of furan rings is 1. The van der Waals surface area contributed by atoms with Crippen molar-refractivity contribution in [2.75, 3.05) is 47.1 Å². The lowest BCUT2D eigenvalue weighted by atomic mass is 10.1. The number of para-hydroxylation sites is 2. The summed E-state index contributed by atoms with van der Waals surface area (Å²) >= 11 is 0. The van der Waals surface area contributed by atoms with Crippen LogP contribution in [0, 0.1) is 11.3 Å². The molecule has 1 saturated heterocycles. The topological polar surface area (TPSA) is 170 Å². The van der Waals surface area contributed by atoms with Crippen molar-refractivity contribution in [3.63, 3.8) is 0 Å². The quantitative estimate of drug-likeness (QED) is 0.125. The number of carbonyl (C=O) groups excluding carboxylic acids is 1. The molecule has 15 heteroatoms. The predicted octanol–water partition coefficient (Wildman–Crippen LogP) is 5.70. The van der Waals surface area contributed by atoms with Crippen LogP contribution < -0.4 is 19.1 Å². The number of unbranched alkanes of at least 4 members (excludes halogenated alkanes) is 1. The average Bonchev–Trinajstić information content (AvgIpc) is 3.76. The first-order chi connectivity index (χ1) is 25.6. The number of hydrogen-bond donors (Lipinski definition) is 3. The minimum Gasteiger partial charge on any atom is -0.451 e. The van der Waals surface area contributed by atoms with Crippen molar-refractivity contribution in [3.8, 4) is 6.07 Å². The molecule has 4 aromatic carbocycles. The van der Waals surface area contributed by atoms with Crippen LogP contribution in [0.25, 0.3) is 21.9 Å². The van der Waals surface area contributed by atoms with Gasteiger partial charge in [0.2, 0.25) is 0 Å². The Kier molecular flexibility index (Phi) is 10.1. The maximum Gasteiger partial charge on any atom is 0.327 e. The van der Waals surface area contributed by atoms with Crippen LogP contribution in [0.3, 0.4) is 0 Å². The van der Waals surface area contributed by atoms with E-state index in [0.29, 0.717) is 39.8 Å². The van der Waals surface area contributed by atoms with E-state index in [2.05, 4.69) is 25.3 Å². The molecule has 6 aromatic rings. The van der Waals surface area contributed by atoms with Gasteiger partial charge in [-0.3, -0.25) is 19.1 Å². The Morgan fingerprint density at radius 2 is 1.49 bits per heavy atom. The van der Waals surface area contributed by atoms with Crippen LogP contribution in [-0.4, -0.2) is 64.3 Å². The minimum absolute atomic E-state index is 0.110. The van der Waals surface area contributed by atoms with Gasteiger partial charge in [-0.05, 0) is 98.1 Å². The lowest BCUT2D eigenvalue weighted by Crippen LogP contribution is -2.46. The number of nitriles is 1. The molecule has 0 unspecified atom stereocenters. The fourth-order valence-electron chi connectivity index (χ4n) is 6.52. The summed E-state index contributed by atoms with van der Waals surface area (Å²) in [6.07, 6.45) is 4.09. The number of amides is 1. The molecule has 7 rings (SSSR count). The number of hydrogen-bond acceptors (Lipinski definition) is 9. The molecule has 53 heavy (non-hydrogen) atoms. The van der Waals surface area contributed by atoms with Crippen LogP contribution in [-0.2, 0) is 26.8 Å². The van der Waals surface area contributed by atoms with E-state index in [0.717, 1.165) is 62.2 Å². The Morgan fingerprint density at radius 1 is 0.792 bits per heavy atom. The number of nitrogens with zero attached hydrogens (tertiary/aromatic N) is 4. The molecule has 3 heterocycles. The van der Waals surface area contributed by atoms with Gasteiger partial charge < -0.3 is 9.32 Å². The second-order valence-electron chi connectivity index (χ2n) is 12.8. The Labute approximate surface area is 307 Å². The lowest BCUT2D eigenvalue weighted by Gasteiger charge is -2.36. The minimum atomic E-state index is -4.16. The Balaban J connectivity index is 0.926. The normalized spacial score (nSPS) is 13.9. The molecule has 0 spiro atoms. The first-order valence-electron chi connectivity index (χ1n) is 17.1. The third-order valence-electron chi connectivity index (χ3n) is 9.15. The smallest absolute Gasteiger partial charge is 0.327 e. The van der Waals surface area contributed by atoms with E-state index in [1.165, 1.54) is 10.0 Å². The summed E-state index contributed by atoms with van der Waals surface area (Å²) in [7, 11) is -8.08. The zero-order chi connectivity index (χ0) is 37.0. The van der Waals surface area contributed by atoms with E-state index in [4.69, 9.17) is 4.42 Å². The summed E-state index contributed by atoms with van der Waals surface area (Å²) in [6.45, 7) is 4.22. The number of anilines is 3. The molecule has 0 radical (unpaired) electrons. The summed E-state index contributed by atoms with van der Waals surface area (Å²) in [5.41, 5.74) is 4.12. The van der Waals surface area contributed by atoms with Crippen LogP contribution >= 0.6 is 0 Å². The maximum atomic E-state index is 13.4. The number of carbonyl (C=O) groups is 1. The molecule has 1 amide bonds. The Bertz CT molecular complexity index is 2520. The van der Waals surface area contributed by atoms with Gasteiger partial charge in [-0.25, -0.2) is 8.69 Å². The fraction of sp³-hybridized carbons (Fsp3) is 0.211. The van der Waals surface area contributed by atoms with Gasteiger partial charge in [-0.1, -0.05) is 36.4 Å². The van der Waals surface area contributed by atoms with Crippen LogP contribution in [0.15, 0.2) is 114 Å². The van der Waals surface area contributed by atoms with Crippen molar-refractivity contribution >= 4 is 65.3 Å². The van der Waals surface area contributed by atoms with Crippen molar-refractivity contribution in [3.05, 3.63) is 126 Å². The predicted molar refractivity (Wildman–Crippen MR) is 205 cm³/mol. The van der Waals surface area contributed by atoms with Gasteiger partial charge in [0.15, 0.2) is 5.76 Å². The molecule has 3 N–H and O–H groups in total. The molecule has 0 atom stereocenters. The van der Waals surface area contributed by atoms with Gasteiger partial charge in [0.05, 0.1) is 28.5 Å². The summed E-state index contributed by atoms with van der Waals surface area (Å²) in [5, 5.41) is 10.9. The van der Waals surface area contributed by atoms with Gasteiger partial charge >= 0.3 is 26.3 Å². The van der Waals surface area contributed by atoms with Crippen molar-refractivity contribution in [1.82, 2.24) is 13.6 Å². The second-order valence-corrected chi connectivity index (χ2v) is 15.8. The number of nitrogens with one attached hydrogen (secondary N) is 3. The van der Waals surface area contributed by atoms with E-state index in [-0.39, 0.29) is 5.76 Å². The Morgan fingerprint density at radius 3 is 2.19 bits per heavy atom.